The predicted octanol–water partition coefficient (Wildman–Crippen LogP) is 2.78. The number of aromatic nitrogens is 2. The molecule has 132 valence electrons. The van der Waals surface area contributed by atoms with E-state index in [-0.39, 0.29) is 12.5 Å². The minimum absolute atomic E-state index is 0.0147. The fraction of sp³-hybridized carbons (Fsp3) is 0.625. The largest absolute Gasteiger partial charge is 0.525 e. The highest BCUT2D eigenvalue weighted by atomic mass is 19.1. The molecule has 0 spiro atoms. The lowest BCUT2D eigenvalue weighted by atomic mass is 9.84. The fourth-order valence-corrected chi connectivity index (χ4v) is 2.24. The van der Waals surface area contributed by atoms with Crippen molar-refractivity contribution in [2.45, 2.75) is 59.3 Å². The molecule has 8 heteroatoms. The van der Waals surface area contributed by atoms with Gasteiger partial charge in [0.15, 0.2) is 0 Å². The number of carbonyl (C=O) groups excluding carboxylic acids is 1. The zero-order valence-corrected chi connectivity index (χ0v) is 15.1. The van der Waals surface area contributed by atoms with Gasteiger partial charge < -0.3 is 14.0 Å². The van der Waals surface area contributed by atoms with Crippen molar-refractivity contribution in [1.82, 2.24) is 9.78 Å². The van der Waals surface area contributed by atoms with E-state index < -0.39 is 24.0 Å². The Morgan fingerprint density at radius 2 is 1.92 bits per heavy atom. The minimum atomic E-state index is -1.05. The van der Waals surface area contributed by atoms with Crippen LogP contribution in [0.2, 0.25) is 0 Å². The van der Waals surface area contributed by atoms with E-state index >= 15 is 0 Å². The lowest BCUT2D eigenvalue weighted by molar-refractivity contribution is -0.144. The summed E-state index contributed by atoms with van der Waals surface area (Å²) in [7, 11) is -1.05. The van der Waals surface area contributed by atoms with Gasteiger partial charge in [-0.25, -0.2) is 4.39 Å². The molecule has 0 atom stereocenters. The summed E-state index contributed by atoms with van der Waals surface area (Å²) in [6.45, 7) is 11.1. The van der Waals surface area contributed by atoms with Gasteiger partial charge in [-0.2, -0.15) is 5.10 Å². The lowest BCUT2D eigenvalue weighted by Crippen LogP contribution is -2.41. The van der Waals surface area contributed by atoms with E-state index in [4.69, 9.17) is 14.0 Å². The normalized spacial score (nSPS) is 20.0. The summed E-state index contributed by atoms with van der Waals surface area (Å²) < 4.78 is 32.5. The number of rotatable bonds is 5. The van der Waals surface area contributed by atoms with Crippen molar-refractivity contribution in [2.75, 3.05) is 6.61 Å². The molecule has 2 heterocycles. The maximum absolute atomic E-state index is 14.8. The molecule has 0 amide bonds. The van der Waals surface area contributed by atoms with Crippen LogP contribution in [0.3, 0.4) is 0 Å². The average Bonchev–Trinajstić information content (AvgIpc) is 3.00. The molecule has 0 aliphatic carbocycles. The highest BCUT2D eigenvalue weighted by Crippen LogP contribution is 2.40. The van der Waals surface area contributed by atoms with Crippen molar-refractivity contribution in [3.05, 3.63) is 23.7 Å². The van der Waals surface area contributed by atoms with Crippen LogP contribution in [0.1, 0.15) is 47.1 Å². The van der Waals surface area contributed by atoms with Crippen molar-refractivity contribution < 1.29 is 23.2 Å². The van der Waals surface area contributed by atoms with Crippen LogP contribution in [-0.2, 0) is 25.4 Å². The van der Waals surface area contributed by atoms with Gasteiger partial charge in [0.25, 0.3) is 0 Å². The zero-order valence-electron chi connectivity index (χ0n) is 15.1. The number of nitrogens with zero attached hydrogens (tertiary/aromatic N) is 2. The van der Waals surface area contributed by atoms with Crippen LogP contribution in [0.4, 0.5) is 4.39 Å². The first-order valence-electron chi connectivity index (χ1n) is 7.97. The van der Waals surface area contributed by atoms with Crippen LogP contribution in [0, 0.1) is 0 Å². The summed E-state index contributed by atoms with van der Waals surface area (Å²) in [5, 5.41) is 4.06. The lowest BCUT2D eigenvalue weighted by Gasteiger charge is -2.32. The summed E-state index contributed by atoms with van der Waals surface area (Å²) in [5.41, 5.74) is -0.785. The molecule has 0 unspecified atom stereocenters. The molecule has 0 aromatic carbocycles. The number of ether oxygens (including phenoxy) is 1. The molecular weight excluding hydrogens is 314 g/mol. The van der Waals surface area contributed by atoms with Gasteiger partial charge in [-0.3, -0.25) is 9.48 Å². The smallest absolute Gasteiger partial charge is 0.465 e. The summed E-state index contributed by atoms with van der Waals surface area (Å²) >= 11 is 0. The second-order valence-corrected chi connectivity index (χ2v) is 6.79. The van der Waals surface area contributed by atoms with E-state index in [1.165, 1.54) is 10.9 Å². The van der Waals surface area contributed by atoms with Crippen molar-refractivity contribution in [1.29, 1.82) is 0 Å². The third-order valence-electron chi connectivity index (χ3n) is 4.48. The van der Waals surface area contributed by atoms with Gasteiger partial charge in [0.1, 0.15) is 12.3 Å². The maximum Gasteiger partial charge on any atom is 0.525 e. The number of esters is 1. The van der Waals surface area contributed by atoms with Gasteiger partial charge >= 0.3 is 13.1 Å². The van der Waals surface area contributed by atoms with E-state index in [2.05, 4.69) is 5.10 Å². The average molecular weight is 338 g/mol. The first kappa shape index (κ1) is 18.7. The Bertz CT molecular complexity index is 638. The highest BCUT2D eigenvalue weighted by Gasteiger charge is 2.53. The van der Waals surface area contributed by atoms with E-state index in [1.807, 2.05) is 27.7 Å². The van der Waals surface area contributed by atoms with Crippen LogP contribution in [-0.4, -0.2) is 40.7 Å². The first-order valence-corrected chi connectivity index (χ1v) is 7.97. The Hall–Kier alpha value is -1.67. The molecule has 1 aliphatic heterocycles. The fourth-order valence-electron chi connectivity index (χ4n) is 2.24. The number of hydrogen-bond donors (Lipinski definition) is 0. The molecule has 0 bridgehead atoms. The maximum atomic E-state index is 14.8. The van der Waals surface area contributed by atoms with Gasteiger partial charge in [0.05, 0.1) is 24.0 Å². The summed E-state index contributed by atoms with van der Waals surface area (Å²) in [4.78, 5) is 11.5. The van der Waals surface area contributed by atoms with Crippen LogP contribution in [0.5, 0.6) is 0 Å². The number of allylic oxidation sites excluding steroid dienone is 1. The third-order valence-corrected chi connectivity index (χ3v) is 4.48. The quantitative estimate of drug-likeness (QED) is 0.610. The molecule has 1 fully saturated rings. The Kier molecular flexibility index (Phi) is 5.20. The SMILES string of the molecule is CCOC(=O)Cn1cc(C(C)=C(F)B2OC(C)(C)C(C)(C)O2)cn1. The van der Waals surface area contributed by atoms with Crippen molar-refractivity contribution in [3.63, 3.8) is 0 Å². The minimum Gasteiger partial charge on any atom is -0.465 e. The summed E-state index contributed by atoms with van der Waals surface area (Å²) in [5.74, 6) is -0.389. The molecule has 6 nitrogen and oxygen atoms in total. The van der Waals surface area contributed by atoms with Gasteiger partial charge in [-0.05, 0) is 47.1 Å². The predicted molar refractivity (Wildman–Crippen MR) is 88.6 cm³/mol. The third kappa shape index (κ3) is 3.70. The molecule has 0 N–H and O–H groups in total. The molecule has 0 radical (unpaired) electrons. The molecule has 1 saturated heterocycles. The Labute approximate surface area is 142 Å². The molecule has 1 aliphatic rings. The zero-order chi connectivity index (χ0) is 18.1. The van der Waals surface area contributed by atoms with E-state index in [1.54, 1.807) is 20.0 Å². The Morgan fingerprint density at radius 3 is 2.46 bits per heavy atom. The van der Waals surface area contributed by atoms with Gasteiger partial charge in [-0.1, -0.05) is 0 Å². The molecule has 0 saturated carbocycles. The summed E-state index contributed by atoms with van der Waals surface area (Å²) in [6.07, 6.45) is 3.09. The van der Waals surface area contributed by atoms with E-state index in [0.717, 1.165) is 0 Å². The van der Waals surface area contributed by atoms with E-state index in [9.17, 15) is 9.18 Å². The van der Waals surface area contributed by atoms with Gasteiger partial charge in [-0.15, -0.1) is 0 Å². The molecule has 1 aromatic rings. The standard InChI is InChI=1S/C16H24BFN2O4/c1-7-22-13(21)10-20-9-12(8-19-20)11(2)14(18)17-23-15(3,4)16(5,6)24-17/h8-9H,7,10H2,1-6H3. The molecular formula is C16H24BFN2O4. The highest BCUT2D eigenvalue weighted by molar-refractivity contribution is 6.55. The van der Waals surface area contributed by atoms with Crippen LogP contribution in [0.15, 0.2) is 18.1 Å². The topological polar surface area (TPSA) is 62.6 Å². The molecule has 2 rings (SSSR count). The van der Waals surface area contributed by atoms with E-state index in [0.29, 0.717) is 17.7 Å². The monoisotopic (exact) mass is 338 g/mol. The van der Waals surface area contributed by atoms with Crippen molar-refractivity contribution in [2.24, 2.45) is 0 Å². The van der Waals surface area contributed by atoms with Crippen molar-refractivity contribution >= 4 is 18.7 Å². The second kappa shape index (κ2) is 6.68. The Morgan fingerprint density at radius 1 is 1.33 bits per heavy atom. The number of hydrogen-bond acceptors (Lipinski definition) is 5. The Balaban J connectivity index is 2.16. The first-order chi connectivity index (χ1) is 11.1. The summed E-state index contributed by atoms with van der Waals surface area (Å²) in [6, 6.07) is 0. The number of carbonyl (C=O) groups is 1. The van der Waals surface area contributed by atoms with Gasteiger partial charge in [0.2, 0.25) is 0 Å². The molecule has 1 aromatic heterocycles. The van der Waals surface area contributed by atoms with Crippen molar-refractivity contribution in [3.8, 4) is 0 Å². The van der Waals surface area contributed by atoms with Crippen LogP contribution in [0.25, 0.3) is 5.57 Å². The molecule has 24 heavy (non-hydrogen) atoms. The second-order valence-electron chi connectivity index (χ2n) is 6.79. The van der Waals surface area contributed by atoms with Crippen LogP contribution >= 0.6 is 0 Å². The van der Waals surface area contributed by atoms with Crippen LogP contribution < -0.4 is 0 Å². The van der Waals surface area contributed by atoms with Gasteiger partial charge in [0, 0.05) is 11.8 Å². The number of halogens is 1.